The first kappa shape index (κ1) is 13.9. The Morgan fingerprint density at radius 3 is 2.94 bits per heavy atom. The third kappa shape index (κ3) is 3.47. The Morgan fingerprint density at radius 2 is 2.22 bits per heavy atom. The third-order valence-electron chi connectivity index (χ3n) is 3.87. The van der Waals surface area contributed by atoms with E-state index in [9.17, 15) is 0 Å². The van der Waals surface area contributed by atoms with E-state index in [-0.39, 0.29) is 0 Å². The molecular formula is C15H23ClN2. The van der Waals surface area contributed by atoms with E-state index < -0.39 is 0 Å². The first-order valence-corrected chi connectivity index (χ1v) is 7.22. The van der Waals surface area contributed by atoms with Gasteiger partial charge in [0.15, 0.2) is 0 Å². The van der Waals surface area contributed by atoms with Crippen molar-refractivity contribution in [3.8, 4) is 0 Å². The summed E-state index contributed by atoms with van der Waals surface area (Å²) >= 11 is 6.01. The van der Waals surface area contributed by atoms with Crippen molar-refractivity contribution in [2.45, 2.75) is 38.8 Å². The normalized spacial score (nSPS) is 21.2. The molecule has 0 aromatic heterocycles. The molecule has 2 rings (SSSR count). The highest BCUT2D eigenvalue weighted by Gasteiger charge is 2.21. The summed E-state index contributed by atoms with van der Waals surface area (Å²) < 4.78 is 0. The predicted molar refractivity (Wildman–Crippen MR) is 78.2 cm³/mol. The van der Waals surface area contributed by atoms with Gasteiger partial charge in [0.1, 0.15) is 0 Å². The minimum absolute atomic E-state index is 0.679. The first-order valence-electron chi connectivity index (χ1n) is 6.84. The van der Waals surface area contributed by atoms with E-state index in [1.165, 1.54) is 36.9 Å². The number of rotatable bonds is 4. The summed E-state index contributed by atoms with van der Waals surface area (Å²) in [5, 5.41) is 4.15. The number of halogens is 1. The van der Waals surface area contributed by atoms with Gasteiger partial charge in [0.2, 0.25) is 0 Å². The van der Waals surface area contributed by atoms with E-state index in [0.717, 1.165) is 18.1 Å². The number of nitrogens with one attached hydrogen (secondary N) is 1. The second kappa shape index (κ2) is 6.55. The van der Waals surface area contributed by atoms with Crippen LogP contribution in [0.4, 0.5) is 0 Å². The number of aryl methyl sites for hydroxylation is 1. The van der Waals surface area contributed by atoms with Crippen LogP contribution in [0.15, 0.2) is 18.2 Å². The molecular weight excluding hydrogens is 244 g/mol. The highest BCUT2D eigenvalue weighted by atomic mass is 35.5. The zero-order chi connectivity index (χ0) is 13.0. The van der Waals surface area contributed by atoms with Crippen LogP contribution < -0.4 is 5.32 Å². The van der Waals surface area contributed by atoms with Crippen LogP contribution in [0, 0.1) is 6.92 Å². The maximum absolute atomic E-state index is 6.01. The van der Waals surface area contributed by atoms with Gasteiger partial charge in [-0.1, -0.05) is 24.1 Å². The van der Waals surface area contributed by atoms with Crippen molar-refractivity contribution in [1.82, 2.24) is 10.2 Å². The van der Waals surface area contributed by atoms with E-state index in [0.29, 0.717) is 6.04 Å². The van der Waals surface area contributed by atoms with Gasteiger partial charge in [-0.15, -0.1) is 0 Å². The predicted octanol–water partition coefficient (Wildman–Crippen LogP) is 3.22. The lowest BCUT2D eigenvalue weighted by molar-refractivity contribution is 0.139. The number of hydrogen-bond acceptors (Lipinski definition) is 2. The van der Waals surface area contributed by atoms with Gasteiger partial charge in [-0.3, -0.25) is 4.90 Å². The van der Waals surface area contributed by atoms with Crippen LogP contribution in [-0.4, -0.2) is 31.1 Å². The molecule has 3 heteroatoms. The maximum atomic E-state index is 6.01. The van der Waals surface area contributed by atoms with Crippen molar-refractivity contribution in [2.24, 2.45) is 0 Å². The summed E-state index contributed by atoms with van der Waals surface area (Å²) in [6, 6.07) is 6.91. The molecule has 1 atom stereocenters. The molecule has 0 radical (unpaired) electrons. The largest absolute Gasteiger partial charge is 0.318 e. The molecule has 1 aromatic rings. The molecule has 1 heterocycles. The van der Waals surface area contributed by atoms with Gasteiger partial charge in [0.25, 0.3) is 0 Å². The molecule has 1 aromatic carbocycles. The minimum Gasteiger partial charge on any atom is -0.318 e. The van der Waals surface area contributed by atoms with Crippen LogP contribution in [-0.2, 0) is 6.54 Å². The number of benzene rings is 1. The summed E-state index contributed by atoms with van der Waals surface area (Å²) in [7, 11) is 2.04. The summed E-state index contributed by atoms with van der Waals surface area (Å²) in [6.45, 7) is 5.51. The molecule has 1 fully saturated rings. The van der Waals surface area contributed by atoms with Crippen LogP contribution in [0.25, 0.3) is 0 Å². The third-order valence-corrected chi connectivity index (χ3v) is 4.10. The minimum atomic E-state index is 0.679. The Morgan fingerprint density at radius 1 is 1.39 bits per heavy atom. The smallest absolute Gasteiger partial charge is 0.0408 e. The lowest BCUT2D eigenvalue weighted by Gasteiger charge is -2.36. The van der Waals surface area contributed by atoms with Crippen LogP contribution >= 0.6 is 11.6 Å². The van der Waals surface area contributed by atoms with Crippen molar-refractivity contribution in [1.29, 1.82) is 0 Å². The quantitative estimate of drug-likeness (QED) is 0.900. The topological polar surface area (TPSA) is 15.3 Å². The van der Waals surface area contributed by atoms with Gasteiger partial charge >= 0.3 is 0 Å². The van der Waals surface area contributed by atoms with E-state index in [4.69, 9.17) is 11.6 Å². The van der Waals surface area contributed by atoms with Crippen molar-refractivity contribution >= 4 is 11.6 Å². The van der Waals surface area contributed by atoms with Gasteiger partial charge in [0.05, 0.1) is 0 Å². The second-order valence-electron chi connectivity index (χ2n) is 5.25. The number of piperidine rings is 1. The van der Waals surface area contributed by atoms with Crippen LogP contribution in [0.2, 0.25) is 5.02 Å². The number of likely N-dealkylation sites (N-methyl/N-ethyl adjacent to an activating group) is 1. The zero-order valence-corrected chi connectivity index (χ0v) is 12.1. The van der Waals surface area contributed by atoms with E-state index in [1.54, 1.807) is 0 Å². The molecule has 1 unspecified atom stereocenters. The van der Waals surface area contributed by atoms with Gasteiger partial charge in [0, 0.05) is 24.2 Å². The van der Waals surface area contributed by atoms with Crippen LogP contribution in [0.1, 0.15) is 30.4 Å². The fraction of sp³-hybridized carbons (Fsp3) is 0.600. The molecule has 0 aliphatic carbocycles. The van der Waals surface area contributed by atoms with Crippen LogP contribution in [0.5, 0.6) is 0 Å². The second-order valence-corrected chi connectivity index (χ2v) is 5.69. The Labute approximate surface area is 115 Å². The van der Waals surface area contributed by atoms with Gasteiger partial charge < -0.3 is 5.32 Å². The SMILES string of the molecule is CNCC1CCCCN1Cc1ccc(Cl)cc1C. The molecule has 1 saturated heterocycles. The molecule has 2 nitrogen and oxygen atoms in total. The number of hydrogen-bond donors (Lipinski definition) is 1. The molecule has 100 valence electrons. The molecule has 0 amide bonds. The molecule has 0 saturated carbocycles. The highest BCUT2D eigenvalue weighted by Crippen LogP contribution is 2.22. The summed E-state index contributed by atoms with van der Waals surface area (Å²) in [5.41, 5.74) is 2.71. The summed E-state index contributed by atoms with van der Waals surface area (Å²) in [6.07, 6.45) is 4.00. The molecule has 1 aliphatic heterocycles. The molecule has 0 bridgehead atoms. The fourth-order valence-electron chi connectivity index (χ4n) is 2.79. The Bertz CT molecular complexity index is 390. The fourth-order valence-corrected chi connectivity index (χ4v) is 3.02. The van der Waals surface area contributed by atoms with Crippen molar-refractivity contribution in [3.63, 3.8) is 0 Å². The molecule has 1 aliphatic rings. The summed E-state index contributed by atoms with van der Waals surface area (Å²) in [5.74, 6) is 0. The van der Waals surface area contributed by atoms with Gasteiger partial charge in [-0.25, -0.2) is 0 Å². The van der Waals surface area contributed by atoms with Crippen molar-refractivity contribution in [2.75, 3.05) is 20.1 Å². The van der Waals surface area contributed by atoms with Gasteiger partial charge in [-0.05, 0) is 56.6 Å². The van der Waals surface area contributed by atoms with Gasteiger partial charge in [-0.2, -0.15) is 0 Å². The van der Waals surface area contributed by atoms with E-state index in [2.05, 4.69) is 29.3 Å². The lowest BCUT2D eigenvalue weighted by Crippen LogP contribution is -2.44. The Balaban J connectivity index is 2.06. The first-order chi connectivity index (χ1) is 8.70. The standard InChI is InChI=1S/C15H23ClN2/c1-12-9-14(16)7-6-13(12)11-18-8-4-3-5-15(18)10-17-2/h6-7,9,15,17H,3-5,8,10-11H2,1-2H3. The number of nitrogens with zero attached hydrogens (tertiary/aromatic N) is 1. The average Bonchev–Trinajstić information content (AvgIpc) is 2.35. The lowest BCUT2D eigenvalue weighted by atomic mass is 10.00. The van der Waals surface area contributed by atoms with Crippen molar-refractivity contribution in [3.05, 3.63) is 34.3 Å². The Hall–Kier alpha value is -0.570. The van der Waals surface area contributed by atoms with Crippen LogP contribution in [0.3, 0.4) is 0 Å². The Kier molecular flexibility index (Phi) is 5.04. The molecule has 0 spiro atoms. The van der Waals surface area contributed by atoms with E-state index in [1.807, 2.05) is 13.1 Å². The van der Waals surface area contributed by atoms with Crippen molar-refractivity contribution < 1.29 is 0 Å². The molecule has 1 N–H and O–H groups in total. The highest BCUT2D eigenvalue weighted by molar-refractivity contribution is 6.30. The zero-order valence-electron chi connectivity index (χ0n) is 11.4. The van der Waals surface area contributed by atoms with E-state index >= 15 is 0 Å². The summed E-state index contributed by atoms with van der Waals surface area (Å²) in [4.78, 5) is 2.61. The monoisotopic (exact) mass is 266 g/mol. The maximum Gasteiger partial charge on any atom is 0.0408 e. The number of likely N-dealkylation sites (tertiary alicyclic amines) is 1. The molecule has 18 heavy (non-hydrogen) atoms. The average molecular weight is 267 g/mol.